The first-order chi connectivity index (χ1) is 7.97. The number of aliphatic carboxylic acids is 1. The Morgan fingerprint density at radius 1 is 1.59 bits per heavy atom. The zero-order valence-electron chi connectivity index (χ0n) is 9.97. The molecule has 1 aliphatic rings. The molecule has 0 bridgehead atoms. The molecule has 3 amide bonds. The van der Waals surface area contributed by atoms with Crippen LogP contribution in [0, 0.1) is 0 Å². The third-order valence-electron chi connectivity index (χ3n) is 2.75. The molecule has 0 aromatic heterocycles. The van der Waals surface area contributed by atoms with Gasteiger partial charge < -0.3 is 20.2 Å². The molecule has 0 spiro atoms. The van der Waals surface area contributed by atoms with Crippen LogP contribution in [0.2, 0.25) is 0 Å². The molecule has 7 heteroatoms. The van der Waals surface area contributed by atoms with Crippen molar-refractivity contribution < 1.29 is 19.5 Å². The summed E-state index contributed by atoms with van der Waals surface area (Å²) >= 11 is 0. The fraction of sp³-hybridized carbons (Fsp3) is 0.700. The standard InChI is InChI=1S/C10H17N3O4/c1-3-7(9(15)16)12(2)10(17)13-5-4-11-8(14)6-13/h7H,3-6H2,1-2H3,(H,11,14)(H,15,16). The highest BCUT2D eigenvalue weighted by atomic mass is 16.4. The summed E-state index contributed by atoms with van der Waals surface area (Å²) < 4.78 is 0. The predicted octanol–water partition coefficient (Wildman–Crippen LogP) is -0.667. The van der Waals surface area contributed by atoms with Gasteiger partial charge in [-0.2, -0.15) is 0 Å². The maximum Gasteiger partial charge on any atom is 0.326 e. The second kappa shape index (κ2) is 5.51. The Kier molecular flexibility index (Phi) is 4.30. The van der Waals surface area contributed by atoms with E-state index in [-0.39, 0.29) is 12.5 Å². The van der Waals surface area contributed by atoms with E-state index in [2.05, 4.69) is 5.32 Å². The van der Waals surface area contributed by atoms with Crippen LogP contribution in [0.25, 0.3) is 0 Å². The number of hydrogen-bond acceptors (Lipinski definition) is 3. The molecule has 2 N–H and O–H groups in total. The largest absolute Gasteiger partial charge is 0.480 e. The third-order valence-corrected chi connectivity index (χ3v) is 2.75. The van der Waals surface area contributed by atoms with Crippen molar-refractivity contribution in [1.82, 2.24) is 15.1 Å². The number of urea groups is 1. The molecule has 1 heterocycles. The molecule has 1 aliphatic heterocycles. The van der Waals surface area contributed by atoms with E-state index in [0.717, 1.165) is 0 Å². The summed E-state index contributed by atoms with van der Waals surface area (Å²) in [5, 5.41) is 11.6. The number of nitrogens with zero attached hydrogens (tertiary/aromatic N) is 2. The first-order valence-corrected chi connectivity index (χ1v) is 5.48. The fourth-order valence-corrected chi connectivity index (χ4v) is 1.77. The molecule has 0 radical (unpaired) electrons. The normalized spacial score (nSPS) is 17.3. The average Bonchev–Trinajstić information content (AvgIpc) is 2.28. The van der Waals surface area contributed by atoms with E-state index in [1.165, 1.54) is 16.8 Å². The molecule has 1 saturated heterocycles. The highest BCUT2D eigenvalue weighted by molar-refractivity contribution is 5.87. The molecule has 0 aromatic rings. The number of nitrogens with one attached hydrogen (secondary N) is 1. The Morgan fingerprint density at radius 3 is 2.71 bits per heavy atom. The van der Waals surface area contributed by atoms with Gasteiger partial charge in [0.05, 0.1) is 0 Å². The van der Waals surface area contributed by atoms with Crippen molar-refractivity contribution in [2.75, 3.05) is 26.7 Å². The summed E-state index contributed by atoms with van der Waals surface area (Å²) in [4.78, 5) is 36.5. The molecule has 17 heavy (non-hydrogen) atoms. The van der Waals surface area contributed by atoms with Crippen molar-refractivity contribution in [2.24, 2.45) is 0 Å². The Balaban J connectivity index is 2.67. The second-order valence-corrected chi connectivity index (χ2v) is 3.93. The molecule has 0 saturated carbocycles. The van der Waals surface area contributed by atoms with Crippen molar-refractivity contribution in [3.63, 3.8) is 0 Å². The van der Waals surface area contributed by atoms with Gasteiger partial charge in [-0.25, -0.2) is 9.59 Å². The summed E-state index contributed by atoms with van der Waals surface area (Å²) in [5.74, 6) is -1.26. The van der Waals surface area contributed by atoms with Crippen molar-refractivity contribution >= 4 is 17.9 Å². The van der Waals surface area contributed by atoms with Crippen molar-refractivity contribution in [2.45, 2.75) is 19.4 Å². The average molecular weight is 243 g/mol. The van der Waals surface area contributed by atoms with Crippen LogP contribution < -0.4 is 5.32 Å². The van der Waals surface area contributed by atoms with Crippen LogP contribution in [0.3, 0.4) is 0 Å². The minimum atomic E-state index is -1.04. The van der Waals surface area contributed by atoms with Gasteiger partial charge in [-0.3, -0.25) is 4.79 Å². The summed E-state index contributed by atoms with van der Waals surface area (Å²) in [7, 11) is 1.44. The number of amides is 3. The van der Waals surface area contributed by atoms with Crippen LogP contribution in [-0.4, -0.2) is 65.5 Å². The number of hydrogen-bond donors (Lipinski definition) is 2. The molecule has 1 rings (SSSR count). The monoisotopic (exact) mass is 243 g/mol. The van der Waals surface area contributed by atoms with Crippen LogP contribution in [0.4, 0.5) is 4.79 Å². The zero-order chi connectivity index (χ0) is 13.0. The lowest BCUT2D eigenvalue weighted by Gasteiger charge is -2.33. The second-order valence-electron chi connectivity index (χ2n) is 3.93. The lowest BCUT2D eigenvalue weighted by molar-refractivity contribution is -0.142. The van der Waals surface area contributed by atoms with Gasteiger partial charge in [-0.1, -0.05) is 6.92 Å². The van der Waals surface area contributed by atoms with Crippen LogP contribution >= 0.6 is 0 Å². The first kappa shape index (κ1) is 13.3. The van der Waals surface area contributed by atoms with E-state index in [4.69, 9.17) is 5.11 Å². The lowest BCUT2D eigenvalue weighted by Crippen LogP contribution is -2.55. The van der Waals surface area contributed by atoms with Gasteiger partial charge in [0.15, 0.2) is 0 Å². The maximum atomic E-state index is 12.0. The van der Waals surface area contributed by atoms with E-state index in [9.17, 15) is 14.4 Å². The van der Waals surface area contributed by atoms with Gasteiger partial charge in [0.25, 0.3) is 0 Å². The maximum absolute atomic E-state index is 12.0. The minimum absolute atomic E-state index is 0.0147. The van der Waals surface area contributed by atoms with Gasteiger partial charge in [0.1, 0.15) is 12.6 Å². The number of carbonyl (C=O) groups is 3. The Labute approximate surface area is 99.4 Å². The van der Waals surface area contributed by atoms with E-state index in [1.807, 2.05) is 0 Å². The van der Waals surface area contributed by atoms with E-state index >= 15 is 0 Å². The Bertz CT molecular complexity index is 332. The Morgan fingerprint density at radius 2 is 2.24 bits per heavy atom. The number of rotatable bonds is 3. The number of likely N-dealkylation sites (N-methyl/N-ethyl adjacent to an activating group) is 1. The number of piperazine rings is 1. The summed E-state index contributed by atoms with van der Waals surface area (Å²) in [6.45, 7) is 2.50. The summed E-state index contributed by atoms with van der Waals surface area (Å²) in [5.41, 5.74) is 0. The van der Waals surface area contributed by atoms with Crippen LogP contribution in [-0.2, 0) is 9.59 Å². The molecular formula is C10H17N3O4. The van der Waals surface area contributed by atoms with E-state index in [1.54, 1.807) is 6.92 Å². The fourth-order valence-electron chi connectivity index (χ4n) is 1.77. The van der Waals surface area contributed by atoms with E-state index < -0.39 is 18.0 Å². The first-order valence-electron chi connectivity index (χ1n) is 5.48. The third kappa shape index (κ3) is 3.08. The molecule has 1 unspecified atom stereocenters. The summed E-state index contributed by atoms with van der Waals surface area (Å²) in [6.07, 6.45) is 0.331. The van der Waals surface area contributed by atoms with Crippen LogP contribution in [0.1, 0.15) is 13.3 Å². The quantitative estimate of drug-likeness (QED) is 0.688. The molecule has 96 valence electrons. The van der Waals surface area contributed by atoms with Crippen molar-refractivity contribution in [3.05, 3.63) is 0 Å². The molecular weight excluding hydrogens is 226 g/mol. The zero-order valence-corrected chi connectivity index (χ0v) is 9.97. The molecule has 0 aromatic carbocycles. The molecule has 7 nitrogen and oxygen atoms in total. The number of carboxylic acid groups (broad SMARTS) is 1. The van der Waals surface area contributed by atoms with E-state index in [0.29, 0.717) is 19.5 Å². The number of carboxylic acids is 1. The highest BCUT2D eigenvalue weighted by Crippen LogP contribution is 2.07. The number of carbonyl (C=O) groups excluding carboxylic acids is 2. The van der Waals surface area contributed by atoms with Crippen LogP contribution in [0.15, 0.2) is 0 Å². The Hall–Kier alpha value is -1.79. The summed E-state index contributed by atoms with van der Waals surface area (Å²) in [6, 6.07) is -1.28. The predicted molar refractivity (Wildman–Crippen MR) is 59.5 cm³/mol. The van der Waals surface area contributed by atoms with Gasteiger partial charge in [0, 0.05) is 20.1 Å². The minimum Gasteiger partial charge on any atom is -0.480 e. The van der Waals surface area contributed by atoms with Gasteiger partial charge >= 0.3 is 12.0 Å². The molecule has 0 aliphatic carbocycles. The lowest BCUT2D eigenvalue weighted by atomic mass is 10.2. The molecule has 1 fully saturated rings. The molecule has 1 atom stereocenters. The van der Waals surface area contributed by atoms with Gasteiger partial charge in [-0.15, -0.1) is 0 Å². The van der Waals surface area contributed by atoms with Crippen LogP contribution in [0.5, 0.6) is 0 Å². The topological polar surface area (TPSA) is 89.9 Å². The van der Waals surface area contributed by atoms with Gasteiger partial charge in [-0.05, 0) is 6.42 Å². The van der Waals surface area contributed by atoms with Gasteiger partial charge in [0.2, 0.25) is 5.91 Å². The SMILES string of the molecule is CCC(C(=O)O)N(C)C(=O)N1CCNC(=O)C1. The van der Waals surface area contributed by atoms with Crippen molar-refractivity contribution in [1.29, 1.82) is 0 Å². The highest BCUT2D eigenvalue weighted by Gasteiger charge is 2.30. The van der Waals surface area contributed by atoms with Crippen molar-refractivity contribution in [3.8, 4) is 0 Å². The smallest absolute Gasteiger partial charge is 0.326 e.